The largest absolute Gasteiger partial charge is 0.314 e. The number of benzene rings is 1. The van der Waals surface area contributed by atoms with Crippen LogP contribution in [-0.2, 0) is 6.42 Å². The van der Waals surface area contributed by atoms with Crippen molar-refractivity contribution in [3.05, 3.63) is 34.3 Å². The Morgan fingerprint density at radius 2 is 1.74 bits per heavy atom. The van der Waals surface area contributed by atoms with Gasteiger partial charge in [-0.15, -0.1) is 0 Å². The number of nitrogens with one attached hydrogen (secondary N) is 1. The Kier molecular flexibility index (Phi) is 7.70. The predicted molar refractivity (Wildman–Crippen MR) is 88.5 cm³/mol. The maximum absolute atomic E-state index is 3.60. The summed E-state index contributed by atoms with van der Waals surface area (Å²) in [5.41, 5.74) is 1.45. The summed E-state index contributed by atoms with van der Waals surface area (Å²) in [4.78, 5) is 0. The molecule has 0 aromatic heterocycles. The Morgan fingerprint density at radius 1 is 1.11 bits per heavy atom. The van der Waals surface area contributed by atoms with Gasteiger partial charge in [0.2, 0.25) is 0 Å². The van der Waals surface area contributed by atoms with Gasteiger partial charge in [-0.25, -0.2) is 0 Å². The molecule has 0 saturated heterocycles. The third kappa shape index (κ3) is 7.12. The van der Waals surface area contributed by atoms with Crippen LogP contribution in [-0.4, -0.2) is 12.6 Å². The second-order valence-corrected chi connectivity index (χ2v) is 6.92. The van der Waals surface area contributed by atoms with Crippen LogP contribution in [0.2, 0.25) is 0 Å². The molecule has 1 rings (SSSR count). The molecule has 0 saturated carbocycles. The lowest BCUT2D eigenvalue weighted by Crippen LogP contribution is -2.30. The maximum Gasteiger partial charge on any atom is 0.0175 e. The van der Waals surface area contributed by atoms with E-state index in [4.69, 9.17) is 0 Å². The zero-order valence-corrected chi connectivity index (χ0v) is 14.3. The Hall–Kier alpha value is -0.340. The van der Waals surface area contributed by atoms with E-state index in [9.17, 15) is 0 Å². The van der Waals surface area contributed by atoms with Gasteiger partial charge in [-0.2, -0.15) is 0 Å². The third-order valence-corrected chi connectivity index (χ3v) is 4.21. The molecule has 19 heavy (non-hydrogen) atoms. The van der Waals surface area contributed by atoms with E-state index < -0.39 is 0 Å². The topological polar surface area (TPSA) is 12.0 Å². The number of rotatable bonds is 8. The van der Waals surface area contributed by atoms with Crippen molar-refractivity contribution in [1.82, 2.24) is 5.32 Å². The summed E-state index contributed by atoms with van der Waals surface area (Å²) in [6, 6.07) is 9.34. The summed E-state index contributed by atoms with van der Waals surface area (Å²) in [5, 5.41) is 3.60. The van der Waals surface area contributed by atoms with Crippen LogP contribution in [0.1, 0.15) is 46.1 Å². The summed E-state index contributed by atoms with van der Waals surface area (Å²) in [5.74, 6) is 1.55. The van der Waals surface area contributed by atoms with E-state index in [0.717, 1.165) is 22.9 Å². The number of hydrogen-bond acceptors (Lipinski definition) is 1. The predicted octanol–water partition coefficient (Wildman–Crippen LogP) is 5.04. The molecule has 1 N–H and O–H groups in total. The molecule has 0 heterocycles. The summed E-state index contributed by atoms with van der Waals surface area (Å²) in [6.07, 6.45) is 3.77. The van der Waals surface area contributed by atoms with Crippen molar-refractivity contribution in [2.75, 3.05) is 6.54 Å². The minimum atomic E-state index is 0.573. The molecule has 0 fully saturated rings. The summed E-state index contributed by atoms with van der Waals surface area (Å²) >= 11 is 3.50. The van der Waals surface area contributed by atoms with Gasteiger partial charge in [-0.1, -0.05) is 62.2 Å². The molecule has 1 nitrogen and oxygen atoms in total. The van der Waals surface area contributed by atoms with Crippen LogP contribution in [0.25, 0.3) is 0 Å². The second kappa shape index (κ2) is 8.76. The Morgan fingerprint density at radius 3 is 2.26 bits per heavy atom. The van der Waals surface area contributed by atoms with Crippen molar-refractivity contribution >= 4 is 15.9 Å². The van der Waals surface area contributed by atoms with Crippen molar-refractivity contribution in [2.24, 2.45) is 11.8 Å². The first-order valence-corrected chi connectivity index (χ1v) is 8.28. The molecule has 2 heteroatoms. The fraction of sp³-hybridized carbons (Fsp3) is 0.647. The first-order chi connectivity index (χ1) is 9.01. The lowest BCUT2D eigenvalue weighted by atomic mass is 9.89. The maximum atomic E-state index is 3.60. The highest BCUT2D eigenvalue weighted by Gasteiger charge is 2.13. The number of halogens is 1. The molecule has 0 bridgehead atoms. The normalized spacial score (nSPS) is 14.6. The van der Waals surface area contributed by atoms with Gasteiger partial charge in [0.1, 0.15) is 0 Å². The highest BCUT2D eigenvalue weighted by Crippen LogP contribution is 2.20. The average molecular weight is 326 g/mol. The second-order valence-electron chi connectivity index (χ2n) is 6.01. The molecule has 1 aromatic carbocycles. The van der Waals surface area contributed by atoms with Gasteiger partial charge in [0.05, 0.1) is 0 Å². The smallest absolute Gasteiger partial charge is 0.0175 e. The van der Waals surface area contributed by atoms with Gasteiger partial charge in [-0.3, -0.25) is 0 Å². The van der Waals surface area contributed by atoms with E-state index in [0.29, 0.717) is 6.04 Å². The summed E-state index contributed by atoms with van der Waals surface area (Å²) in [7, 11) is 0. The third-order valence-electron chi connectivity index (χ3n) is 3.69. The van der Waals surface area contributed by atoms with Gasteiger partial charge in [0, 0.05) is 10.5 Å². The molecule has 0 aliphatic carbocycles. The van der Waals surface area contributed by atoms with Crippen molar-refractivity contribution in [3.8, 4) is 0 Å². The Balaban J connectivity index is 2.58. The molecule has 1 aromatic rings. The summed E-state index contributed by atoms with van der Waals surface area (Å²) < 4.78 is 1.16. The van der Waals surface area contributed by atoms with E-state index >= 15 is 0 Å². The first-order valence-electron chi connectivity index (χ1n) is 7.49. The standard InChI is InChI=1S/C17H28BrN/c1-5-14(4)10-16(12-19-13(2)3)11-15-6-8-17(18)9-7-15/h6-9,13-14,16,19H,5,10-12H2,1-4H3. The number of hydrogen-bond donors (Lipinski definition) is 1. The van der Waals surface area contributed by atoms with Crippen LogP contribution in [0.3, 0.4) is 0 Å². The van der Waals surface area contributed by atoms with Crippen LogP contribution >= 0.6 is 15.9 Å². The van der Waals surface area contributed by atoms with Gasteiger partial charge >= 0.3 is 0 Å². The van der Waals surface area contributed by atoms with E-state index in [1.54, 1.807) is 0 Å². The van der Waals surface area contributed by atoms with Crippen molar-refractivity contribution in [2.45, 2.75) is 53.0 Å². The molecular weight excluding hydrogens is 298 g/mol. The highest BCUT2D eigenvalue weighted by atomic mass is 79.9. The van der Waals surface area contributed by atoms with Crippen molar-refractivity contribution in [1.29, 1.82) is 0 Å². The minimum absolute atomic E-state index is 0.573. The average Bonchev–Trinajstić information content (AvgIpc) is 2.38. The van der Waals surface area contributed by atoms with Crippen molar-refractivity contribution < 1.29 is 0 Å². The minimum Gasteiger partial charge on any atom is -0.314 e. The first kappa shape index (κ1) is 16.7. The highest BCUT2D eigenvalue weighted by molar-refractivity contribution is 9.10. The van der Waals surface area contributed by atoms with Crippen molar-refractivity contribution in [3.63, 3.8) is 0 Å². The van der Waals surface area contributed by atoms with Gasteiger partial charge in [0.15, 0.2) is 0 Å². The van der Waals surface area contributed by atoms with Crippen LogP contribution in [0.4, 0.5) is 0 Å². The lowest BCUT2D eigenvalue weighted by molar-refractivity contribution is 0.354. The monoisotopic (exact) mass is 325 g/mol. The molecule has 0 radical (unpaired) electrons. The van der Waals surface area contributed by atoms with E-state index in [1.807, 2.05) is 0 Å². The van der Waals surface area contributed by atoms with Crippen LogP contribution in [0, 0.1) is 11.8 Å². The van der Waals surface area contributed by atoms with Crippen LogP contribution < -0.4 is 5.32 Å². The Labute approximate surface area is 127 Å². The quantitative estimate of drug-likeness (QED) is 0.705. The van der Waals surface area contributed by atoms with E-state index in [1.165, 1.54) is 24.8 Å². The summed E-state index contributed by atoms with van der Waals surface area (Å²) in [6.45, 7) is 10.2. The molecule has 0 aliphatic rings. The molecule has 0 amide bonds. The zero-order valence-electron chi connectivity index (χ0n) is 12.7. The van der Waals surface area contributed by atoms with E-state index in [2.05, 4.69) is 73.2 Å². The van der Waals surface area contributed by atoms with Gasteiger partial charge in [-0.05, 0) is 48.9 Å². The lowest BCUT2D eigenvalue weighted by Gasteiger charge is -2.22. The molecule has 0 spiro atoms. The molecule has 2 atom stereocenters. The molecule has 2 unspecified atom stereocenters. The fourth-order valence-electron chi connectivity index (χ4n) is 2.33. The Bertz CT molecular complexity index is 345. The van der Waals surface area contributed by atoms with E-state index in [-0.39, 0.29) is 0 Å². The molecule has 108 valence electrons. The zero-order chi connectivity index (χ0) is 14.3. The van der Waals surface area contributed by atoms with Gasteiger partial charge in [0.25, 0.3) is 0 Å². The molecular formula is C17H28BrN. The fourth-order valence-corrected chi connectivity index (χ4v) is 2.60. The van der Waals surface area contributed by atoms with Crippen LogP contribution in [0.5, 0.6) is 0 Å². The van der Waals surface area contributed by atoms with Crippen LogP contribution in [0.15, 0.2) is 28.7 Å². The van der Waals surface area contributed by atoms with Gasteiger partial charge < -0.3 is 5.32 Å². The molecule has 0 aliphatic heterocycles. The SMILES string of the molecule is CCC(C)CC(CNC(C)C)Cc1ccc(Br)cc1.